The number of halogens is 2. The largest absolute Gasteiger partial charge is 0.481 e. The molecule has 0 unspecified atom stereocenters. The Hall–Kier alpha value is -1.08. The summed E-state index contributed by atoms with van der Waals surface area (Å²) in [5.74, 6) is -4.73. The van der Waals surface area contributed by atoms with Crippen LogP contribution in [0.2, 0.25) is 0 Å². The number of Topliss-reactive ketones (excluding diaryl/α,β-unsaturated/α-hetero) is 1. The highest BCUT2D eigenvalue weighted by molar-refractivity contribution is 5.84. The molecule has 0 aliphatic heterocycles. The molecule has 1 aliphatic carbocycles. The number of aliphatic hydroxyl groups excluding tert-OH is 2. The predicted molar refractivity (Wildman–Crippen MR) is 97.7 cm³/mol. The van der Waals surface area contributed by atoms with Gasteiger partial charge in [0.05, 0.1) is 6.10 Å². The Labute approximate surface area is 160 Å². The number of carboxylic acids is 1. The van der Waals surface area contributed by atoms with Gasteiger partial charge in [0.1, 0.15) is 11.9 Å². The van der Waals surface area contributed by atoms with Gasteiger partial charge in [-0.15, -0.1) is 0 Å². The number of carbonyl (C=O) groups excluding carboxylic acids is 1. The highest BCUT2D eigenvalue weighted by Crippen LogP contribution is 2.38. The average molecular weight is 392 g/mol. The molecule has 0 aromatic carbocycles. The molecule has 3 N–H and O–H groups in total. The fourth-order valence-corrected chi connectivity index (χ4v) is 3.92. The summed E-state index contributed by atoms with van der Waals surface area (Å²) in [5.41, 5.74) is 0. The van der Waals surface area contributed by atoms with Gasteiger partial charge in [-0.2, -0.15) is 0 Å². The van der Waals surface area contributed by atoms with Gasteiger partial charge >= 0.3 is 5.97 Å². The minimum atomic E-state index is -3.14. The van der Waals surface area contributed by atoms with Crippen LogP contribution in [0.1, 0.15) is 84.0 Å². The minimum absolute atomic E-state index is 0.0368. The maximum Gasteiger partial charge on any atom is 0.303 e. The molecule has 27 heavy (non-hydrogen) atoms. The van der Waals surface area contributed by atoms with Gasteiger partial charge in [-0.3, -0.25) is 9.59 Å². The van der Waals surface area contributed by atoms with Crippen LogP contribution in [0.15, 0.2) is 0 Å². The van der Waals surface area contributed by atoms with Crippen molar-refractivity contribution in [1.82, 2.24) is 0 Å². The summed E-state index contributed by atoms with van der Waals surface area (Å²) in [6.07, 6.45) is 1.81. The van der Waals surface area contributed by atoms with Gasteiger partial charge in [-0.1, -0.05) is 32.6 Å². The number of rotatable bonds is 14. The van der Waals surface area contributed by atoms with Crippen molar-refractivity contribution in [2.24, 2.45) is 11.8 Å². The third-order valence-corrected chi connectivity index (χ3v) is 5.62. The van der Waals surface area contributed by atoms with Crippen molar-refractivity contribution in [3.63, 3.8) is 0 Å². The highest BCUT2D eigenvalue weighted by atomic mass is 19.3. The van der Waals surface area contributed by atoms with Crippen molar-refractivity contribution in [2.75, 3.05) is 0 Å². The maximum atomic E-state index is 13.9. The summed E-state index contributed by atoms with van der Waals surface area (Å²) in [6, 6.07) is 0. The summed E-state index contributed by atoms with van der Waals surface area (Å²) in [5, 5.41) is 28.6. The van der Waals surface area contributed by atoms with Gasteiger partial charge in [-0.05, 0) is 38.0 Å². The molecule has 4 atom stereocenters. The predicted octanol–water partition coefficient (Wildman–Crippen LogP) is 3.94. The van der Waals surface area contributed by atoms with E-state index in [0.717, 1.165) is 19.3 Å². The Morgan fingerprint density at radius 2 is 1.85 bits per heavy atom. The number of aliphatic hydroxyl groups is 2. The van der Waals surface area contributed by atoms with E-state index in [1.807, 2.05) is 6.92 Å². The van der Waals surface area contributed by atoms with E-state index < -0.39 is 24.1 Å². The van der Waals surface area contributed by atoms with Crippen LogP contribution in [-0.4, -0.2) is 45.2 Å². The van der Waals surface area contributed by atoms with Crippen molar-refractivity contribution in [2.45, 2.75) is 102 Å². The first-order chi connectivity index (χ1) is 12.7. The van der Waals surface area contributed by atoms with E-state index in [-0.39, 0.29) is 49.7 Å². The molecule has 0 radical (unpaired) electrons. The number of unbranched alkanes of at least 4 members (excludes halogenated alkanes) is 4. The molecule has 0 amide bonds. The Morgan fingerprint density at radius 3 is 2.48 bits per heavy atom. The summed E-state index contributed by atoms with van der Waals surface area (Å²) >= 11 is 0. The molecule has 1 aliphatic rings. The second kappa shape index (κ2) is 11.7. The third kappa shape index (κ3) is 8.21. The zero-order valence-corrected chi connectivity index (χ0v) is 16.2. The van der Waals surface area contributed by atoms with Gasteiger partial charge < -0.3 is 15.3 Å². The molecule has 1 rings (SSSR count). The fraction of sp³-hybridized carbons (Fsp3) is 0.900. The van der Waals surface area contributed by atoms with Crippen LogP contribution in [0.4, 0.5) is 8.78 Å². The minimum Gasteiger partial charge on any atom is -0.481 e. The Kier molecular flexibility index (Phi) is 10.4. The van der Waals surface area contributed by atoms with Crippen molar-refractivity contribution >= 4 is 11.8 Å². The van der Waals surface area contributed by atoms with E-state index in [1.165, 1.54) is 0 Å². The van der Waals surface area contributed by atoms with Gasteiger partial charge in [0, 0.05) is 25.2 Å². The van der Waals surface area contributed by atoms with Gasteiger partial charge in [-0.25, -0.2) is 8.78 Å². The summed E-state index contributed by atoms with van der Waals surface area (Å²) in [6.45, 7) is 1.81. The van der Waals surface area contributed by atoms with Crippen LogP contribution < -0.4 is 0 Å². The van der Waals surface area contributed by atoms with Crippen molar-refractivity contribution < 1.29 is 33.7 Å². The Bertz CT molecular complexity index is 469. The zero-order chi connectivity index (χ0) is 20.4. The number of hydrogen-bond donors (Lipinski definition) is 3. The molecule has 0 spiro atoms. The topological polar surface area (TPSA) is 94.8 Å². The number of alkyl halides is 2. The van der Waals surface area contributed by atoms with Crippen LogP contribution in [0, 0.1) is 11.8 Å². The van der Waals surface area contributed by atoms with Gasteiger partial charge in [0.25, 0.3) is 5.92 Å². The Morgan fingerprint density at radius 1 is 1.19 bits per heavy atom. The average Bonchev–Trinajstić information content (AvgIpc) is 2.86. The van der Waals surface area contributed by atoms with E-state index in [1.54, 1.807) is 0 Å². The summed E-state index contributed by atoms with van der Waals surface area (Å²) < 4.78 is 27.8. The molecular weight excluding hydrogens is 358 g/mol. The zero-order valence-electron chi connectivity index (χ0n) is 16.2. The van der Waals surface area contributed by atoms with E-state index in [0.29, 0.717) is 25.7 Å². The van der Waals surface area contributed by atoms with Crippen molar-refractivity contribution in [3.8, 4) is 0 Å². The third-order valence-electron chi connectivity index (χ3n) is 5.62. The second-order valence-corrected chi connectivity index (χ2v) is 7.81. The monoisotopic (exact) mass is 392 g/mol. The molecule has 1 fully saturated rings. The molecule has 0 heterocycles. The first kappa shape index (κ1) is 24.0. The van der Waals surface area contributed by atoms with Crippen molar-refractivity contribution in [3.05, 3.63) is 0 Å². The van der Waals surface area contributed by atoms with Crippen LogP contribution in [-0.2, 0) is 9.59 Å². The molecular formula is C20H34F2O5. The lowest BCUT2D eigenvalue weighted by atomic mass is 9.84. The molecule has 0 aromatic heterocycles. The van der Waals surface area contributed by atoms with E-state index in [9.17, 15) is 28.6 Å². The fourth-order valence-electron chi connectivity index (χ4n) is 3.92. The van der Waals surface area contributed by atoms with E-state index in [2.05, 4.69) is 0 Å². The Balaban J connectivity index is 2.44. The lowest BCUT2D eigenvalue weighted by Gasteiger charge is -2.26. The van der Waals surface area contributed by atoms with E-state index >= 15 is 0 Å². The maximum absolute atomic E-state index is 13.9. The number of ketones is 1. The summed E-state index contributed by atoms with van der Waals surface area (Å²) in [4.78, 5) is 22.6. The standard InChI is InChI=1S/C20H34F2O5/c1-2-3-12-20(21,22)18(25)11-10-15-14(16(23)13-17(15)24)8-6-4-5-7-9-19(26)27/h14-15,17-18,24-25H,2-13H2,1H3,(H,26,27)/t14-,15-,17-,18+/m1/s1. The first-order valence-electron chi connectivity index (χ1n) is 10.2. The van der Waals surface area contributed by atoms with E-state index in [4.69, 9.17) is 5.11 Å². The van der Waals surface area contributed by atoms with Crippen LogP contribution in [0.5, 0.6) is 0 Å². The highest BCUT2D eigenvalue weighted by Gasteiger charge is 2.43. The second-order valence-electron chi connectivity index (χ2n) is 7.81. The molecule has 0 bridgehead atoms. The SMILES string of the molecule is CCCCC(F)(F)[C@@H](O)CC[C@H]1[C@H](O)CC(=O)[C@@H]1CCCCCCC(=O)O. The van der Waals surface area contributed by atoms with Gasteiger partial charge in [0.2, 0.25) is 0 Å². The summed E-state index contributed by atoms with van der Waals surface area (Å²) in [7, 11) is 0. The van der Waals surface area contributed by atoms with Crippen LogP contribution >= 0.6 is 0 Å². The molecule has 158 valence electrons. The molecule has 0 aromatic rings. The molecule has 1 saturated carbocycles. The normalized spacial score (nSPS) is 24.3. The molecule has 7 heteroatoms. The smallest absolute Gasteiger partial charge is 0.303 e. The lowest BCUT2D eigenvalue weighted by Crippen LogP contribution is -2.34. The van der Waals surface area contributed by atoms with Crippen LogP contribution in [0.25, 0.3) is 0 Å². The van der Waals surface area contributed by atoms with Gasteiger partial charge in [0.15, 0.2) is 0 Å². The number of carbonyl (C=O) groups is 2. The lowest BCUT2D eigenvalue weighted by molar-refractivity contribution is -0.137. The number of aliphatic carboxylic acids is 1. The number of carboxylic acid groups (broad SMARTS) is 1. The first-order valence-corrected chi connectivity index (χ1v) is 10.2. The van der Waals surface area contributed by atoms with Crippen molar-refractivity contribution in [1.29, 1.82) is 0 Å². The molecule has 5 nitrogen and oxygen atoms in total. The quantitative estimate of drug-likeness (QED) is 0.389. The van der Waals surface area contributed by atoms with Crippen LogP contribution in [0.3, 0.4) is 0 Å². The number of hydrogen-bond acceptors (Lipinski definition) is 4. The molecule has 0 saturated heterocycles.